The van der Waals surface area contributed by atoms with Gasteiger partial charge in [-0.3, -0.25) is 4.79 Å². The van der Waals surface area contributed by atoms with Gasteiger partial charge < -0.3 is 5.32 Å². The molecule has 0 saturated carbocycles. The molecule has 2 aromatic rings. The van der Waals surface area contributed by atoms with E-state index in [4.69, 9.17) is 0 Å². The van der Waals surface area contributed by atoms with Gasteiger partial charge in [-0.2, -0.15) is 0 Å². The second kappa shape index (κ2) is 6.63. The minimum absolute atomic E-state index is 0.134. The lowest BCUT2D eigenvalue weighted by molar-refractivity contribution is 0.0954. The summed E-state index contributed by atoms with van der Waals surface area (Å²) in [4.78, 5) is 11.9. The number of carbonyl (C=O) groups excluding carboxylic acids is 1. The van der Waals surface area contributed by atoms with E-state index in [1.54, 1.807) is 12.1 Å². The monoisotopic (exact) mass is 405 g/mol. The molecule has 0 aliphatic carbocycles. The van der Waals surface area contributed by atoms with E-state index < -0.39 is 0 Å². The summed E-state index contributed by atoms with van der Waals surface area (Å²) < 4.78 is 14.7. The normalized spacial score (nSPS) is 10.5. The van der Waals surface area contributed by atoms with Crippen molar-refractivity contribution in [2.75, 3.05) is 6.54 Å². The van der Waals surface area contributed by atoms with Crippen LogP contribution in [0.1, 0.15) is 15.9 Å². The zero-order chi connectivity index (χ0) is 13.8. The number of nitrogens with one attached hydrogen (secondary N) is 1. The van der Waals surface area contributed by atoms with Crippen LogP contribution in [0.5, 0.6) is 0 Å². The van der Waals surface area contributed by atoms with Crippen molar-refractivity contribution >= 4 is 49.1 Å². The summed E-state index contributed by atoms with van der Waals surface area (Å²) >= 11 is 8.13. The van der Waals surface area contributed by atoms with Crippen LogP contribution in [0.2, 0.25) is 0 Å². The molecule has 19 heavy (non-hydrogen) atoms. The smallest absolute Gasteiger partial charge is 0.253 e. The molecule has 2 nitrogen and oxygen atoms in total. The number of thiophene rings is 1. The van der Waals surface area contributed by atoms with Gasteiger partial charge in [0, 0.05) is 6.54 Å². The number of halogens is 3. The van der Waals surface area contributed by atoms with E-state index in [1.807, 2.05) is 6.07 Å². The highest BCUT2D eigenvalue weighted by atomic mass is 79.9. The van der Waals surface area contributed by atoms with Crippen LogP contribution in [0, 0.1) is 5.82 Å². The Balaban J connectivity index is 1.89. The first-order valence-electron chi connectivity index (χ1n) is 5.54. The predicted octanol–water partition coefficient (Wildman–Crippen LogP) is 4.38. The van der Waals surface area contributed by atoms with E-state index in [-0.39, 0.29) is 11.7 Å². The zero-order valence-corrected chi connectivity index (χ0v) is 13.7. The average Bonchev–Trinajstić information content (AvgIpc) is 2.68. The lowest BCUT2D eigenvalue weighted by Crippen LogP contribution is -2.25. The Morgan fingerprint density at radius 3 is 2.74 bits per heavy atom. The molecule has 0 spiro atoms. The molecule has 1 amide bonds. The van der Waals surface area contributed by atoms with E-state index >= 15 is 0 Å². The summed E-state index contributed by atoms with van der Waals surface area (Å²) in [5, 5.41) is 2.82. The van der Waals surface area contributed by atoms with Crippen molar-refractivity contribution in [2.24, 2.45) is 0 Å². The van der Waals surface area contributed by atoms with Crippen molar-refractivity contribution < 1.29 is 9.18 Å². The molecule has 0 radical (unpaired) electrons. The van der Waals surface area contributed by atoms with Crippen LogP contribution < -0.4 is 5.32 Å². The molecule has 1 aromatic carbocycles. The molecule has 1 N–H and O–H groups in total. The summed E-state index contributed by atoms with van der Waals surface area (Å²) in [5.41, 5.74) is 1.47. The highest BCUT2D eigenvalue weighted by molar-refractivity contribution is 9.12. The standard InChI is InChI=1S/C13H10Br2FNOS/c14-11-7-10(12(15)19-11)13(18)17-5-4-8-2-1-3-9(16)6-8/h1-3,6-7H,4-5H2,(H,17,18). The first-order valence-corrected chi connectivity index (χ1v) is 7.94. The first kappa shape index (κ1) is 14.7. The summed E-state index contributed by atoms with van der Waals surface area (Å²) in [6.07, 6.45) is 0.604. The number of hydrogen-bond donors (Lipinski definition) is 1. The molecular formula is C13H10Br2FNOS. The first-order chi connectivity index (χ1) is 9.06. The largest absolute Gasteiger partial charge is 0.352 e. The minimum atomic E-state index is -0.256. The Hall–Kier alpha value is -0.720. The molecule has 1 aromatic heterocycles. The van der Waals surface area contributed by atoms with Crippen LogP contribution in [-0.4, -0.2) is 12.5 Å². The molecule has 0 saturated heterocycles. The molecule has 2 rings (SSSR count). The van der Waals surface area contributed by atoms with Crippen molar-refractivity contribution in [1.29, 1.82) is 0 Å². The van der Waals surface area contributed by atoms with E-state index in [0.717, 1.165) is 13.1 Å². The quantitative estimate of drug-likeness (QED) is 0.801. The fraction of sp³-hybridized carbons (Fsp3) is 0.154. The van der Waals surface area contributed by atoms with Crippen LogP contribution >= 0.6 is 43.2 Å². The fourth-order valence-corrected chi connectivity index (χ4v) is 4.40. The fourth-order valence-electron chi connectivity index (χ4n) is 1.60. The van der Waals surface area contributed by atoms with Crippen LogP contribution in [0.15, 0.2) is 37.9 Å². The Labute approximate surface area is 131 Å². The highest BCUT2D eigenvalue weighted by Gasteiger charge is 2.12. The second-order valence-electron chi connectivity index (χ2n) is 3.87. The SMILES string of the molecule is O=C(NCCc1cccc(F)c1)c1cc(Br)sc1Br. The number of hydrogen-bond acceptors (Lipinski definition) is 2. The van der Waals surface area contributed by atoms with Gasteiger partial charge in [0.15, 0.2) is 0 Å². The molecule has 0 atom stereocenters. The molecule has 0 fully saturated rings. The van der Waals surface area contributed by atoms with Gasteiger partial charge in [-0.05, 0) is 62.0 Å². The minimum Gasteiger partial charge on any atom is -0.352 e. The molecule has 0 bridgehead atoms. The summed E-state index contributed by atoms with van der Waals surface area (Å²) in [6, 6.07) is 8.16. The second-order valence-corrected chi connectivity index (χ2v) is 7.62. The molecule has 0 aliphatic heterocycles. The van der Waals surface area contributed by atoms with Crippen molar-refractivity contribution in [3.8, 4) is 0 Å². The highest BCUT2D eigenvalue weighted by Crippen LogP contribution is 2.31. The lowest BCUT2D eigenvalue weighted by Gasteiger charge is -2.04. The molecular weight excluding hydrogens is 397 g/mol. The Bertz CT molecular complexity index is 600. The molecule has 0 unspecified atom stereocenters. The van der Waals surface area contributed by atoms with Gasteiger partial charge in [-0.25, -0.2) is 4.39 Å². The predicted molar refractivity (Wildman–Crippen MR) is 82.2 cm³/mol. The van der Waals surface area contributed by atoms with Crippen molar-refractivity contribution in [3.05, 3.63) is 54.8 Å². The van der Waals surface area contributed by atoms with Crippen LogP contribution in [-0.2, 0) is 6.42 Å². The van der Waals surface area contributed by atoms with Gasteiger partial charge in [0.05, 0.1) is 13.1 Å². The Morgan fingerprint density at radius 1 is 1.32 bits per heavy atom. The summed E-state index contributed by atoms with van der Waals surface area (Å²) in [5.74, 6) is -0.390. The van der Waals surface area contributed by atoms with Gasteiger partial charge in [0.1, 0.15) is 5.82 Å². The third-order valence-electron chi connectivity index (χ3n) is 2.49. The van der Waals surface area contributed by atoms with E-state index in [1.165, 1.54) is 23.5 Å². The third-order valence-corrected chi connectivity index (χ3v) is 4.83. The Morgan fingerprint density at radius 2 is 2.11 bits per heavy atom. The van der Waals surface area contributed by atoms with Gasteiger partial charge in [0.2, 0.25) is 0 Å². The number of rotatable bonds is 4. The lowest BCUT2D eigenvalue weighted by atomic mass is 10.1. The van der Waals surface area contributed by atoms with Gasteiger partial charge in [0.25, 0.3) is 5.91 Å². The van der Waals surface area contributed by atoms with E-state index in [9.17, 15) is 9.18 Å². The number of carbonyl (C=O) groups is 1. The van der Waals surface area contributed by atoms with Gasteiger partial charge >= 0.3 is 0 Å². The average molecular weight is 407 g/mol. The summed E-state index contributed by atoms with van der Waals surface area (Å²) in [6.45, 7) is 0.474. The van der Waals surface area contributed by atoms with E-state index in [2.05, 4.69) is 37.2 Å². The maximum Gasteiger partial charge on any atom is 0.253 e. The number of amides is 1. The molecule has 0 aliphatic rings. The van der Waals surface area contributed by atoms with Crippen LogP contribution in [0.3, 0.4) is 0 Å². The van der Waals surface area contributed by atoms with Crippen molar-refractivity contribution in [1.82, 2.24) is 5.32 Å². The van der Waals surface area contributed by atoms with Crippen molar-refractivity contribution in [3.63, 3.8) is 0 Å². The van der Waals surface area contributed by atoms with Crippen molar-refractivity contribution in [2.45, 2.75) is 6.42 Å². The Kier molecular flexibility index (Phi) is 5.13. The zero-order valence-electron chi connectivity index (χ0n) is 9.75. The van der Waals surface area contributed by atoms with Crippen LogP contribution in [0.4, 0.5) is 4.39 Å². The maximum absolute atomic E-state index is 13.0. The van der Waals surface area contributed by atoms with E-state index in [0.29, 0.717) is 18.5 Å². The maximum atomic E-state index is 13.0. The van der Waals surface area contributed by atoms with Crippen LogP contribution in [0.25, 0.3) is 0 Å². The summed E-state index contributed by atoms with van der Waals surface area (Å²) in [7, 11) is 0. The molecule has 6 heteroatoms. The van der Waals surface area contributed by atoms with Gasteiger partial charge in [-0.1, -0.05) is 12.1 Å². The third kappa shape index (κ3) is 4.12. The molecule has 1 heterocycles. The number of benzene rings is 1. The van der Waals surface area contributed by atoms with Gasteiger partial charge in [-0.15, -0.1) is 11.3 Å². The molecule has 100 valence electrons. The topological polar surface area (TPSA) is 29.1 Å².